The third-order valence-electron chi connectivity index (χ3n) is 16.2. The van der Waals surface area contributed by atoms with E-state index in [1.807, 2.05) is 30.3 Å². The van der Waals surface area contributed by atoms with Crippen LogP contribution >= 0.6 is 11.3 Å². The number of fused-ring (bicyclic) bond motifs is 2. The summed E-state index contributed by atoms with van der Waals surface area (Å²) in [4.78, 5) is 33.9. The Bertz CT molecular complexity index is 2000. The van der Waals surface area contributed by atoms with Crippen molar-refractivity contribution in [2.75, 3.05) is 31.2 Å². The van der Waals surface area contributed by atoms with Crippen LogP contribution in [-0.4, -0.2) is 70.4 Å². The molecule has 3 spiro atoms. The summed E-state index contributed by atoms with van der Waals surface area (Å²) in [6.45, 7) is 7.41. The van der Waals surface area contributed by atoms with E-state index in [4.69, 9.17) is 0 Å². The summed E-state index contributed by atoms with van der Waals surface area (Å²) >= 11 is 1.59. The summed E-state index contributed by atoms with van der Waals surface area (Å²) in [5.74, 6) is 0.646. The Balaban J connectivity index is 0.983. The Labute approximate surface area is 310 Å². The average Bonchev–Trinajstić information content (AvgIpc) is 3.80. The van der Waals surface area contributed by atoms with Crippen molar-refractivity contribution in [1.82, 2.24) is 10.2 Å². The summed E-state index contributed by atoms with van der Waals surface area (Å²) in [7, 11) is 0. The second-order valence-electron chi connectivity index (χ2n) is 18.0. The Hall–Kier alpha value is -3.30. The first-order valence-electron chi connectivity index (χ1n) is 19.7. The van der Waals surface area contributed by atoms with Crippen molar-refractivity contribution < 1.29 is 19.8 Å². The molecule has 5 fully saturated rings. The fourth-order valence-corrected chi connectivity index (χ4v) is 14.3. The van der Waals surface area contributed by atoms with Crippen molar-refractivity contribution in [3.05, 3.63) is 89.3 Å². The third-order valence-corrected chi connectivity index (χ3v) is 17.3. The molecule has 8 aliphatic rings. The van der Waals surface area contributed by atoms with E-state index in [1.165, 1.54) is 0 Å². The van der Waals surface area contributed by atoms with E-state index < -0.39 is 16.6 Å². The number of nitrogens with one attached hydrogen (secondary N) is 1. The molecule has 8 heteroatoms. The number of likely N-dealkylation sites (tertiary alicyclic amines) is 1. The number of carbonyl (C=O) groups excluding carboxylic acids is 2. The first-order chi connectivity index (χ1) is 25.0. The largest absolute Gasteiger partial charge is 0.393 e. The number of thiophene rings is 1. The number of hydrogen-bond donors (Lipinski definition) is 3. The smallest absolute Gasteiger partial charge is 0.247 e. The highest BCUT2D eigenvalue weighted by atomic mass is 32.1. The lowest BCUT2D eigenvalue weighted by Crippen LogP contribution is -2.67. The molecule has 3 saturated carbocycles. The maximum absolute atomic E-state index is 15.1. The number of piperidine rings is 1. The number of β-amino-alcohol motifs (C(OH)–C–C–N with tert-alkyl or cyclic N) is 1. The molecule has 2 aromatic carbocycles. The molecule has 6 aliphatic carbocycles. The van der Waals surface area contributed by atoms with E-state index in [9.17, 15) is 15.0 Å². The Morgan fingerprint density at radius 1 is 0.904 bits per heavy atom. The zero-order valence-electron chi connectivity index (χ0n) is 30.4. The van der Waals surface area contributed by atoms with E-state index in [0.29, 0.717) is 26.1 Å². The Morgan fingerprint density at radius 3 is 2.40 bits per heavy atom. The van der Waals surface area contributed by atoms with Gasteiger partial charge in [0.05, 0.1) is 23.3 Å². The van der Waals surface area contributed by atoms with E-state index >= 15 is 4.79 Å². The quantitative estimate of drug-likeness (QED) is 0.193. The standard InChI is InChI=1S/C44H51N3O4S/c1-39-15-12-31(48)25-41(39)18-19-44(32(26-41)37(49)34-24-29-8-6-7-11-33(29)52-34)35(39)13-16-40(2)36(44)14-17-43(40,51)27-46-22-20-42(21-23-46)38(50)45-28-47(42)30-9-4-3-5-10-30/h3-11,18-19,24,26,31,35-36,48,51H,12-17,20-23,25,27-28H2,1-2H3,(H,45,50)/t31?,35-,36-,39-,40+,41+,43-,44-/m1/s1. The monoisotopic (exact) mass is 717 g/mol. The predicted molar refractivity (Wildman–Crippen MR) is 205 cm³/mol. The minimum Gasteiger partial charge on any atom is -0.393 e. The molecular formula is C44H51N3O4S. The van der Waals surface area contributed by atoms with Crippen LogP contribution in [0.15, 0.2) is 84.5 Å². The van der Waals surface area contributed by atoms with Gasteiger partial charge in [0.2, 0.25) is 5.91 Å². The molecule has 2 bridgehead atoms. The summed E-state index contributed by atoms with van der Waals surface area (Å²) < 4.78 is 1.13. The van der Waals surface area contributed by atoms with Crippen molar-refractivity contribution in [1.29, 1.82) is 0 Å². The van der Waals surface area contributed by atoms with Gasteiger partial charge in [0.15, 0.2) is 5.78 Å². The fourth-order valence-electron chi connectivity index (χ4n) is 13.3. The van der Waals surface area contributed by atoms with Crippen molar-refractivity contribution in [2.24, 2.45) is 33.5 Å². The minimum absolute atomic E-state index is 0.0549. The van der Waals surface area contributed by atoms with Crippen LogP contribution in [0.2, 0.25) is 0 Å². The van der Waals surface area contributed by atoms with Gasteiger partial charge in [-0.2, -0.15) is 0 Å². The molecule has 11 rings (SSSR count). The van der Waals surface area contributed by atoms with Crippen LogP contribution < -0.4 is 10.2 Å². The number of para-hydroxylation sites is 1. The number of benzene rings is 2. The maximum atomic E-state index is 15.1. The molecule has 7 nitrogen and oxygen atoms in total. The number of ketones is 1. The number of anilines is 1. The second kappa shape index (κ2) is 11.1. The normalized spacial score (nSPS) is 40.4. The first-order valence-corrected chi connectivity index (χ1v) is 20.5. The zero-order chi connectivity index (χ0) is 35.7. The molecule has 3 heterocycles. The fraction of sp³-hybridized carbons (Fsp3) is 0.545. The molecule has 1 aromatic heterocycles. The first kappa shape index (κ1) is 33.3. The number of aliphatic hydroxyl groups excluding tert-OH is 1. The van der Waals surface area contributed by atoms with Gasteiger partial charge in [-0.15, -0.1) is 11.3 Å². The van der Waals surface area contributed by atoms with E-state index in [1.54, 1.807) is 11.3 Å². The molecule has 8 atom stereocenters. The SMILES string of the molecule is C[C@]12CC[C@H]3[C@]4(C=C[C@@]5(C=C4C(=O)c4cc6ccccc6s4)CC(O)CC[C@]35C)[C@@H]1CC[C@@]2(O)CN1CCC2(CC1)C(=O)NCN2c1ccccc1. The summed E-state index contributed by atoms with van der Waals surface area (Å²) in [6.07, 6.45) is 14.1. The number of aliphatic hydroxyl groups is 2. The van der Waals surface area contributed by atoms with Crippen LogP contribution in [0.3, 0.4) is 0 Å². The van der Waals surface area contributed by atoms with Gasteiger partial charge in [0.25, 0.3) is 0 Å². The molecule has 52 heavy (non-hydrogen) atoms. The van der Waals surface area contributed by atoms with E-state index in [0.717, 1.165) is 84.3 Å². The molecule has 3 aromatic rings. The van der Waals surface area contributed by atoms with Crippen LogP contribution in [0.5, 0.6) is 0 Å². The molecule has 3 N–H and O–H groups in total. The summed E-state index contributed by atoms with van der Waals surface area (Å²) in [5, 5.41) is 28.3. The lowest BCUT2D eigenvalue weighted by atomic mass is 9.32. The summed E-state index contributed by atoms with van der Waals surface area (Å²) in [5.41, 5.74) is -0.718. The highest BCUT2D eigenvalue weighted by Crippen LogP contribution is 2.78. The van der Waals surface area contributed by atoms with Gasteiger partial charge in [0.1, 0.15) is 5.54 Å². The Kier molecular flexibility index (Phi) is 7.12. The highest BCUT2D eigenvalue weighted by molar-refractivity contribution is 7.21. The predicted octanol–water partition coefficient (Wildman–Crippen LogP) is 7.10. The lowest BCUT2D eigenvalue weighted by Gasteiger charge is -2.71. The van der Waals surface area contributed by atoms with Gasteiger partial charge >= 0.3 is 0 Å². The van der Waals surface area contributed by atoms with Gasteiger partial charge < -0.3 is 25.3 Å². The van der Waals surface area contributed by atoms with Gasteiger partial charge in [-0.3, -0.25) is 9.59 Å². The minimum atomic E-state index is -0.909. The van der Waals surface area contributed by atoms with Gasteiger partial charge in [-0.25, -0.2) is 0 Å². The van der Waals surface area contributed by atoms with Gasteiger partial charge in [0, 0.05) is 51.8 Å². The lowest BCUT2D eigenvalue weighted by molar-refractivity contribution is -0.177. The molecule has 0 radical (unpaired) electrons. The maximum Gasteiger partial charge on any atom is 0.247 e. The molecule has 1 unspecified atom stereocenters. The van der Waals surface area contributed by atoms with Crippen LogP contribution in [0.25, 0.3) is 10.1 Å². The number of amides is 1. The van der Waals surface area contributed by atoms with E-state index in [-0.39, 0.29) is 45.9 Å². The number of carbonyl (C=O) groups is 2. The van der Waals surface area contributed by atoms with Gasteiger partial charge in [-0.1, -0.05) is 68.5 Å². The number of hydrogen-bond acceptors (Lipinski definition) is 7. The average molecular weight is 718 g/mol. The molecule has 272 valence electrons. The Morgan fingerprint density at radius 2 is 1.62 bits per heavy atom. The number of rotatable bonds is 5. The van der Waals surface area contributed by atoms with E-state index in [2.05, 4.69) is 77.5 Å². The molecule has 1 amide bonds. The van der Waals surface area contributed by atoms with Crippen molar-refractivity contribution in [3.63, 3.8) is 0 Å². The third kappa shape index (κ3) is 4.18. The van der Waals surface area contributed by atoms with Crippen molar-refractivity contribution in [3.8, 4) is 0 Å². The van der Waals surface area contributed by atoms with Crippen LogP contribution in [0.4, 0.5) is 5.69 Å². The zero-order valence-corrected chi connectivity index (χ0v) is 31.3. The second-order valence-corrected chi connectivity index (χ2v) is 19.1. The molecule has 2 aliphatic heterocycles. The van der Waals surface area contributed by atoms with Crippen molar-refractivity contribution in [2.45, 2.75) is 88.9 Å². The van der Waals surface area contributed by atoms with Gasteiger partial charge in [-0.05, 0) is 105 Å². The van der Waals surface area contributed by atoms with Crippen LogP contribution in [0.1, 0.15) is 81.3 Å². The number of nitrogens with zero attached hydrogens (tertiary/aromatic N) is 2. The molecule has 2 saturated heterocycles. The summed E-state index contributed by atoms with van der Waals surface area (Å²) in [6, 6.07) is 20.6. The van der Waals surface area contributed by atoms with Crippen LogP contribution in [-0.2, 0) is 4.79 Å². The number of Topliss-reactive ketones (excluding diaryl/α,β-unsaturated/α-hetero) is 1. The highest BCUT2D eigenvalue weighted by Gasteiger charge is 2.74. The topological polar surface area (TPSA) is 93.1 Å². The molecular weight excluding hydrogens is 667 g/mol. The van der Waals surface area contributed by atoms with Crippen molar-refractivity contribution >= 4 is 38.8 Å². The number of allylic oxidation sites excluding steroid dienone is 4. The van der Waals surface area contributed by atoms with Crippen LogP contribution in [0, 0.1) is 33.5 Å².